The zero-order valence-electron chi connectivity index (χ0n) is 14.9. The summed E-state index contributed by atoms with van der Waals surface area (Å²) >= 11 is 0. The molecule has 5 nitrogen and oxygen atoms in total. The van der Waals surface area contributed by atoms with Crippen LogP contribution >= 0.6 is 0 Å². The van der Waals surface area contributed by atoms with Crippen molar-refractivity contribution in [1.29, 1.82) is 0 Å². The summed E-state index contributed by atoms with van der Waals surface area (Å²) < 4.78 is 14.1. The topological polar surface area (TPSA) is 81.8 Å². The Morgan fingerprint density at radius 1 is 1.22 bits per heavy atom. The van der Waals surface area contributed by atoms with Crippen molar-refractivity contribution in [2.75, 3.05) is 6.61 Å². The van der Waals surface area contributed by atoms with Crippen LogP contribution in [0.5, 0.6) is 0 Å². The lowest BCUT2D eigenvalue weighted by atomic mass is 9.81. The van der Waals surface area contributed by atoms with Crippen LogP contribution in [0, 0.1) is 23.7 Å². The molecule has 0 aromatic heterocycles. The smallest absolute Gasteiger partial charge is 0.224 e. The maximum atomic E-state index is 14.1. The van der Waals surface area contributed by atoms with Gasteiger partial charge >= 0.3 is 0 Å². The summed E-state index contributed by atoms with van der Waals surface area (Å²) in [5, 5.41) is 3.60. The molecule has 1 unspecified atom stereocenters. The maximum Gasteiger partial charge on any atom is 0.224 e. The largest absolute Gasteiger partial charge is 0.395 e. The van der Waals surface area contributed by atoms with E-state index in [1.54, 1.807) is 6.92 Å². The molecule has 23 heavy (non-hydrogen) atoms. The van der Waals surface area contributed by atoms with Gasteiger partial charge < -0.3 is 10.6 Å². The van der Waals surface area contributed by atoms with Crippen molar-refractivity contribution < 1.29 is 18.8 Å². The Bertz CT molecular complexity index is 401. The minimum atomic E-state index is -1.22. The van der Waals surface area contributed by atoms with Gasteiger partial charge in [0, 0.05) is 12.8 Å². The molecule has 0 bridgehead atoms. The van der Waals surface area contributed by atoms with Crippen LogP contribution < -0.4 is 5.73 Å². The Balaban J connectivity index is 4.39. The van der Waals surface area contributed by atoms with Gasteiger partial charge in [-0.2, -0.15) is 0 Å². The van der Waals surface area contributed by atoms with E-state index in [-0.39, 0.29) is 30.6 Å². The Kier molecular flexibility index (Phi) is 10.4. The highest BCUT2D eigenvalue weighted by molar-refractivity contribution is 5.85. The fourth-order valence-electron chi connectivity index (χ4n) is 2.21. The highest BCUT2D eigenvalue weighted by Crippen LogP contribution is 2.26. The number of rotatable bonds is 12. The number of halogens is 1. The molecule has 6 heteroatoms. The zero-order chi connectivity index (χ0) is 18.0. The first-order valence-electron chi connectivity index (χ1n) is 8.34. The number of carbonyl (C=O) groups is 2. The molecule has 0 aromatic carbocycles. The van der Waals surface area contributed by atoms with Gasteiger partial charge in [-0.3, -0.25) is 9.59 Å². The third kappa shape index (κ3) is 8.09. The van der Waals surface area contributed by atoms with E-state index in [1.807, 2.05) is 13.8 Å². The lowest BCUT2D eigenvalue weighted by molar-refractivity contribution is -0.129. The van der Waals surface area contributed by atoms with Crippen LogP contribution in [0.1, 0.15) is 53.9 Å². The van der Waals surface area contributed by atoms with Crippen LogP contribution in [-0.4, -0.2) is 30.7 Å². The normalized spacial score (nSPS) is 18.2. The molecule has 2 N–H and O–H groups in total. The Morgan fingerprint density at radius 2 is 1.83 bits per heavy atom. The maximum absolute atomic E-state index is 14.1. The van der Waals surface area contributed by atoms with Gasteiger partial charge in [0.15, 0.2) is 0 Å². The molecular weight excluding hydrogens is 298 g/mol. The van der Waals surface area contributed by atoms with E-state index in [1.165, 1.54) is 0 Å². The van der Waals surface area contributed by atoms with E-state index >= 15 is 0 Å². The van der Waals surface area contributed by atoms with Crippen molar-refractivity contribution in [3.05, 3.63) is 0 Å². The molecule has 0 saturated carbocycles. The number of hydrogen-bond donors (Lipinski definition) is 1. The predicted molar refractivity (Wildman–Crippen MR) is 89.7 cm³/mol. The van der Waals surface area contributed by atoms with Crippen molar-refractivity contribution in [1.82, 2.24) is 0 Å². The molecule has 0 aliphatic heterocycles. The van der Waals surface area contributed by atoms with Gasteiger partial charge in [0.2, 0.25) is 5.91 Å². The highest BCUT2D eigenvalue weighted by Gasteiger charge is 2.25. The fourth-order valence-corrected chi connectivity index (χ4v) is 2.21. The van der Waals surface area contributed by atoms with E-state index in [4.69, 9.17) is 10.6 Å². The lowest BCUT2D eigenvalue weighted by Gasteiger charge is -2.26. The molecule has 0 rings (SSSR count). The molecular formula is C17H31FN2O3. The number of alkyl halides is 1. The summed E-state index contributed by atoms with van der Waals surface area (Å²) in [5.74, 6) is -0.933. The number of ketones is 1. The number of oxime groups is 1. The second-order valence-corrected chi connectivity index (χ2v) is 6.29. The SMILES string of the molecule is CCC(=O)CC(CO/N=C/[C@H]([18F])[C@@H](C)[C@H](C)[C@H](C)CC)C(N)=O. The first-order valence-corrected chi connectivity index (χ1v) is 8.34. The molecule has 0 heterocycles. The van der Waals surface area contributed by atoms with Crippen molar-refractivity contribution >= 4 is 17.9 Å². The van der Waals surface area contributed by atoms with Crippen LogP contribution in [0.15, 0.2) is 5.16 Å². The van der Waals surface area contributed by atoms with Gasteiger partial charge in [-0.05, 0) is 17.8 Å². The minimum Gasteiger partial charge on any atom is -0.395 e. The van der Waals surface area contributed by atoms with Gasteiger partial charge in [0.25, 0.3) is 0 Å². The monoisotopic (exact) mass is 329 g/mol. The first-order chi connectivity index (χ1) is 10.7. The van der Waals surface area contributed by atoms with Crippen LogP contribution in [0.2, 0.25) is 0 Å². The van der Waals surface area contributed by atoms with Crippen LogP contribution in [-0.2, 0) is 14.4 Å². The van der Waals surface area contributed by atoms with Gasteiger partial charge in [0.05, 0.1) is 12.1 Å². The first kappa shape index (κ1) is 21.5. The van der Waals surface area contributed by atoms with Crippen LogP contribution in [0.4, 0.5) is 4.39 Å². The number of primary amides is 1. The fraction of sp³-hybridized carbons (Fsp3) is 0.824. The second kappa shape index (κ2) is 11.1. The van der Waals surface area contributed by atoms with Crippen molar-refractivity contribution in [3.63, 3.8) is 0 Å². The van der Waals surface area contributed by atoms with E-state index in [0.717, 1.165) is 12.6 Å². The van der Waals surface area contributed by atoms with Crippen molar-refractivity contribution in [3.8, 4) is 0 Å². The molecule has 0 saturated heterocycles. The molecule has 0 fully saturated rings. The van der Waals surface area contributed by atoms with Gasteiger partial charge in [0.1, 0.15) is 18.6 Å². The molecule has 5 atom stereocenters. The number of Topliss-reactive ketones (excluding diaryl/α,β-unsaturated/α-hetero) is 1. The molecule has 0 spiro atoms. The third-order valence-electron chi connectivity index (χ3n) is 4.70. The highest BCUT2D eigenvalue weighted by atomic mass is 18.2. The molecule has 134 valence electrons. The molecule has 0 radical (unpaired) electrons. The van der Waals surface area contributed by atoms with E-state index in [9.17, 15) is 14.0 Å². The quantitative estimate of drug-likeness (QED) is 0.441. The van der Waals surface area contributed by atoms with Crippen LogP contribution in [0.25, 0.3) is 0 Å². The zero-order valence-corrected chi connectivity index (χ0v) is 14.9. The Morgan fingerprint density at radius 3 is 2.30 bits per heavy atom. The summed E-state index contributed by atoms with van der Waals surface area (Å²) in [6, 6.07) is 0. The average molecular weight is 329 g/mol. The molecule has 0 aromatic rings. The summed E-state index contributed by atoms with van der Waals surface area (Å²) in [7, 11) is 0. The molecule has 0 aliphatic rings. The standard InChI is InChI=1S/C17H31FN2O3/c1-6-11(3)12(4)13(5)16(18)9-20-23-10-14(17(19)22)8-15(21)7-2/h9,11-14,16H,6-8,10H2,1-5H3,(H2,19,22)/b20-9+/t11-,12-,13+,14?,16+/m1/s1/i18-1. The number of carbonyl (C=O) groups excluding carboxylic acids is 2. The summed E-state index contributed by atoms with van der Waals surface area (Å²) in [4.78, 5) is 27.6. The molecule has 1 amide bonds. The van der Waals surface area contributed by atoms with Gasteiger partial charge in [-0.15, -0.1) is 0 Å². The van der Waals surface area contributed by atoms with Crippen molar-refractivity contribution in [2.45, 2.75) is 60.1 Å². The summed E-state index contributed by atoms with van der Waals surface area (Å²) in [6.07, 6.45) is 1.26. The third-order valence-corrected chi connectivity index (χ3v) is 4.70. The summed E-state index contributed by atoms with van der Waals surface area (Å²) in [6.45, 7) is 9.66. The number of hydrogen-bond acceptors (Lipinski definition) is 4. The molecule has 0 aliphatic carbocycles. The number of amides is 1. The van der Waals surface area contributed by atoms with Gasteiger partial charge in [-0.1, -0.05) is 46.2 Å². The van der Waals surface area contributed by atoms with Crippen LogP contribution in [0.3, 0.4) is 0 Å². The van der Waals surface area contributed by atoms with E-state index < -0.39 is 18.0 Å². The second-order valence-electron chi connectivity index (χ2n) is 6.29. The average Bonchev–Trinajstić information content (AvgIpc) is 2.54. The lowest BCUT2D eigenvalue weighted by Crippen LogP contribution is -2.29. The van der Waals surface area contributed by atoms with E-state index in [0.29, 0.717) is 12.3 Å². The Labute approximate surface area is 138 Å². The summed E-state index contributed by atoms with van der Waals surface area (Å²) in [5.41, 5.74) is 5.22. The minimum absolute atomic E-state index is 0.0296. The Hall–Kier alpha value is -1.46. The van der Waals surface area contributed by atoms with Crippen molar-refractivity contribution in [2.24, 2.45) is 34.6 Å². The number of nitrogens with two attached hydrogens (primary N) is 1. The predicted octanol–water partition coefficient (Wildman–Crippen LogP) is 3.12. The van der Waals surface area contributed by atoms with E-state index in [2.05, 4.69) is 19.0 Å². The van der Waals surface area contributed by atoms with Gasteiger partial charge in [-0.25, -0.2) is 4.39 Å². The number of nitrogens with zero attached hydrogens (tertiary/aromatic N) is 1.